The maximum atomic E-state index is 10.5. The molecule has 0 aromatic carbocycles. The largest absolute Gasteiger partial charge is 0.461 e. The van der Waals surface area contributed by atoms with Gasteiger partial charge in [-0.1, -0.05) is 0 Å². The van der Waals surface area contributed by atoms with Gasteiger partial charge in [-0.3, -0.25) is 4.79 Å². The highest BCUT2D eigenvalue weighted by atomic mass is 16.7. The summed E-state index contributed by atoms with van der Waals surface area (Å²) in [6.45, 7) is 0. The fourth-order valence-corrected chi connectivity index (χ4v) is 0.982. The molecule has 1 aliphatic heterocycles. The molecule has 4 nitrogen and oxygen atoms in total. The van der Waals surface area contributed by atoms with Gasteiger partial charge >= 0.3 is 0 Å². The standard InChI is InChI=1S/C8H6O4/c9-5-6-1-2-10-7(6)8-11-3-4-12-8/h1-5,8H. The molecule has 0 unspecified atom stereocenters. The zero-order chi connectivity index (χ0) is 8.39. The Morgan fingerprint density at radius 3 is 2.75 bits per heavy atom. The Morgan fingerprint density at radius 1 is 1.33 bits per heavy atom. The Bertz CT molecular complexity index is 305. The van der Waals surface area contributed by atoms with Crippen LogP contribution < -0.4 is 0 Å². The van der Waals surface area contributed by atoms with E-state index in [1.165, 1.54) is 18.8 Å². The summed E-state index contributed by atoms with van der Waals surface area (Å²) in [6, 6.07) is 1.56. The van der Waals surface area contributed by atoms with E-state index in [0.717, 1.165) is 0 Å². The average Bonchev–Trinajstić information content (AvgIpc) is 2.74. The molecule has 12 heavy (non-hydrogen) atoms. The van der Waals surface area contributed by atoms with Gasteiger partial charge in [-0.05, 0) is 6.07 Å². The molecule has 0 saturated heterocycles. The van der Waals surface area contributed by atoms with Gasteiger partial charge in [0, 0.05) is 0 Å². The van der Waals surface area contributed by atoms with Crippen molar-refractivity contribution in [2.75, 3.05) is 0 Å². The zero-order valence-corrected chi connectivity index (χ0v) is 6.10. The molecule has 0 fully saturated rings. The van der Waals surface area contributed by atoms with Crippen molar-refractivity contribution >= 4 is 6.29 Å². The molecule has 0 N–H and O–H groups in total. The quantitative estimate of drug-likeness (QED) is 0.626. The van der Waals surface area contributed by atoms with Gasteiger partial charge < -0.3 is 13.9 Å². The number of carbonyl (C=O) groups is 1. The Morgan fingerprint density at radius 2 is 2.08 bits per heavy atom. The lowest BCUT2D eigenvalue weighted by Crippen LogP contribution is -1.98. The molecule has 1 aromatic heterocycles. The second kappa shape index (κ2) is 2.73. The van der Waals surface area contributed by atoms with Gasteiger partial charge in [-0.15, -0.1) is 0 Å². The summed E-state index contributed by atoms with van der Waals surface area (Å²) in [5.74, 6) is 0.398. The Hall–Kier alpha value is -1.71. The number of carbonyl (C=O) groups excluding carboxylic acids is 1. The highest BCUT2D eigenvalue weighted by Gasteiger charge is 2.22. The third-order valence-electron chi connectivity index (χ3n) is 1.53. The molecule has 4 heteroatoms. The van der Waals surface area contributed by atoms with Crippen LogP contribution in [-0.2, 0) is 9.47 Å². The van der Waals surface area contributed by atoms with Crippen molar-refractivity contribution in [3.63, 3.8) is 0 Å². The second-order valence-corrected chi connectivity index (χ2v) is 2.23. The van der Waals surface area contributed by atoms with E-state index in [1.807, 2.05) is 0 Å². The SMILES string of the molecule is O=Cc1ccoc1C1OC=CO1. The van der Waals surface area contributed by atoms with E-state index >= 15 is 0 Å². The first-order valence-corrected chi connectivity index (χ1v) is 3.40. The van der Waals surface area contributed by atoms with Gasteiger partial charge in [0.15, 0.2) is 12.0 Å². The lowest BCUT2D eigenvalue weighted by Gasteiger charge is -2.06. The summed E-state index contributed by atoms with van der Waals surface area (Å²) in [5, 5.41) is 0. The predicted molar refractivity (Wildman–Crippen MR) is 38.1 cm³/mol. The van der Waals surface area contributed by atoms with Crippen LogP contribution in [0.15, 0.2) is 29.3 Å². The van der Waals surface area contributed by atoms with Crippen LogP contribution in [0.5, 0.6) is 0 Å². The molecule has 0 aliphatic carbocycles. The fourth-order valence-electron chi connectivity index (χ4n) is 0.982. The third kappa shape index (κ3) is 0.972. The fraction of sp³-hybridized carbons (Fsp3) is 0.125. The number of aldehydes is 1. The zero-order valence-electron chi connectivity index (χ0n) is 6.10. The molecule has 1 aliphatic rings. The van der Waals surface area contributed by atoms with Gasteiger partial charge in [0.25, 0.3) is 6.29 Å². The van der Waals surface area contributed by atoms with E-state index in [1.54, 1.807) is 6.07 Å². The summed E-state index contributed by atoms with van der Waals surface area (Å²) in [5.41, 5.74) is 0.448. The van der Waals surface area contributed by atoms with Crippen molar-refractivity contribution < 1.29 is 18.7 Å². The third-order valence-corrected chi connectivity index (χ3v) is 1.53. The van der Waals surface area contributed by atoms with E-state index in [9.17, 15) is 4.79 Å². The summed E-state index contributed by atoms with van der Waals surface area (Å²) < 4.78 is 15.0. The number of rotatable bonds is 2. The van der Waals surface area contributed by atoms with E-state index in [-0.39, 0.29) is 0 Å². The molecule has 2 heterocycles. The predicted octanol–water partition coefficient (Wildman–Crippen LogP) is 1.61. The van der Waals surface area contributed by atoms with Crippen LogP contribution in [0.3, 0.4) is 0 Å². The maximum Gasteiger partial charge on any atom is 0.299 e. The molecule has 2 rings (SSSR count). The van der Waals surface area contributed by atoms with Gasteiger partial charge in [-0.2, -0.15) is 0 Å². The van der Waals surface area contributed by atoms with Crippen molar-refractivity contribution in [3.05, 3.63) is 36.2 Å². The number of furan rings is 1. The normalized spacial score (nSPS) is 15.7. The smallest absolute Gasteiger partial charge is 0.299 e. The second-order valence-electron chi connectivity index (χ2n) is 2.23. The van der Waals surface area contributed by atoms with Crippen molar-refractivity contribution in [1.29, 1.82) is 0 Å². The van der Waals surface area contributed by atoms with E-state index in [4.69, 9.17) is 13.9 Å². The first-order chi connectivity index (χ1) is 5.92. The van der Waals surface area contributed by atoms with E-state index < -0.39 is 6.29 Å². The molecule has 0 amide bonds. The van der Waals surface area contributed by atoms with Gasteiger partial charge in [0.1, 0.15) is 12.5 Å². The molecule has 0 radical (unpaired) electrons. The molecular formula is C8H6O4. The molecule has 0 atom stereocenters. The van der Waals surface area contributed by atoms with Crippen molar-refractivity contribution in [2.45, 2.75) is 6.29 Å². The minimum absolute atomic E-state index is 0.398. The topological polar surface area (TPSA) is 48.7 Å². The van der Waals surface area contributed by atoms with Crippen LogP contribution in [-0.4, -0.2) is 6.29 Å². The number of ether oxygens (including phenoxy) is 2. The maximum absolute atomic E-state index is 10.5. The first kappa shape index (κ1) is 6.97. The average molecular weight is 166 g/mol. The van der Waals surface area contributed by atoms with Crippen LogP contribution in [0.25, 0.3) is 0 Å². The van der Waals surface area contributed by atoms with Crippen molar-refractivity contribution in [2.24, 2.45) is 0 Å². The van der Waals surface area contributed by atoms with Gasteiger partial charge in [-0.25, -0.2) is 0 Å². The Kier molecular flexibility index (Phi) is 1.59. The summed E-state index contributed by atoms with van der Waals surface area (Å²) in [4.78, 5) is 10.5. The Balaban J connectivity index is 2.26. The van der Waals surface area contributed by atoms with Gasteiger partial charge in [0.05, 0.1) is 11.8 Å². The molecule has 0 spiro atoms. The minimum Gasteiger partial charge on any atom is -0.461 e. The highest BCUT2D eigenvalue weighted by Crippen LogP contribution is 2.26. The van der Waals surface area contributed by atoms with E-state index in [0.29, 0.717) is 17.6 Å². The van der Waals surface area contributed by atoms with Crippen LogP contribution in [0.4, 0.5) is 0 Å². The summed E-state index contributed by atoms with van der Waals surface area (Å²) >= 11 is 0. The molecule has 62 valence electrons. The highest BCUT2D eigenvalue weighted by molar-refractivity contribution is 5.76. The summed E-state index contributed by atoms with van der Waals surface area (Å²) in [6.07, 6.45) is 4.32. The van der Waals surface area contributed by atoms with Crippen LogP contribution >= 0.6 is 0 Å². The molecular weight excluding hydrogens is 160 g/mol. The van der Waals surface area contributed by atoms with Crippen LogP contribution in [0, 0.1) is 0 Å². The number of hydrogen-bond acceptors (Lipinski definition) is 4. The minimum atomic E-state index is -0.611. The first-order valence-electron chi connectivity index (χ1n) is 3.40. The van der Waals surface area contributed by atoms with Gasteiger partial charge in [0.2, 0.25) is 0 Å². The lowest BCUT2D eigenvalue weighted by molar-refractivity contribution is -0.0407. The lowest BCUT2D eigenvalue weighted by atomic mass is 10.3. The molecule has 1 aromatic rings. The van der Waals surface area contributed by atoms with Crippen molar-refractivity contribution in [3.8, 4) is 0 Å². The monoisotopic (exact) mass is 166 g/mol. The summed E-state index contributed by atoms with van der Waals surface area (Å²) in [7, 11) is 0. The Labute approximate surface area is 68.4 Å². The molecule has 0 bridgehead atoms. The van der Waals surface area contributed by atoms with Crippen LogP contribution in [0.2, 0.25) is 0 Å². The van der Waals surface area contributed by atoms with E-state index in [2.05, 4.69) is 0 Å². The number of hydrogen-bond donors (Lipinski definition) is 0. The molecule has 0 saturated carbocycles. The van der Waals surface area contributed by atoms with Crippen molar-refractivity contribution in [1.82, 2.24) is 0 Å². The van der Waals surface area contributed by atoms with Crippen LogP contribution in [0.1, 0.15) is 22.4 Å².